The Bertz CT molecular complexity index is 791. The summed E-state index contributed by atoms with van der Waals surface area (Å²) in [6.45, 7) is 0.748. The molecule has 1 aromatic heterocycles. The van der Waals surface area contributed by atoms with Crippen LogP contribution in [0.3, 0.4) is 0 Å². The number of pyridine rings is 1. The van der Waals surface area contributed by atoms with Gasteiger partial charge < -0.3 is 9.64 Å². The minimum absolute atomic E-state index is 0.111. The predicted molar refractivity (Wildman–Crippen MR) is 89.0 cm³/mol. The molecule has 2 aromatic rings. The number of likely N-dealkylation sites (tertiary alicyclic amines) is 1. The van der Waals surface area contributed by atoms with Crippen molar-refractivity contribution in [1.82, 2.24) is 9.88 Å². The molecule has 0 aliphatic carbocycles. The minimum Gasteiger partial charge on any atom is -0.459 e. The Morgan fingerprint density at radius 2 is 1.92 bits per heavy atom. The average molecular weight is 360 g/mol. The van der Waals surface area contributed by atoms with Gasteiger partial charge in [-0.15, -0.1) is 0 Å². The number of carbonyl (C=O) groups is 2. The van der Waals surface area contributed by atoms with Crippen molar-refractivity contribution in [2.75, 3.05) is 13.1 Å². The highest BCUT2D eigenvalue weighted by atomic mass is 19.1. The lowest BCUT2D eigenvalue weighted by molar-refractivity contribution is -0.151. The molecule has 1 aliphatic heterocycles. The maximum absolute atomic E-state index is 13.8. The van der Waals surface area contributed by atoms with E-state index < -0.39 is 17.5 Å². The van der Waals surface area contributed by atoms with Gasteiger partial charge in [0, 0.05) is 25.4 Å². The molecule has 1 fully saturated rings. The molecule has 0 radical (unpaired) electrons. The molecule has 0 atom stereocenters. The van der Waals surface area contributed by atoms with Gasteiger partial charge in [-0.1, -0.05) is 6.07 Å². The highest BCUT2D eigenvalue weighted by molar-refractivity contribution is 5.94. The van der Waals surface area contributed by atoms with Crippen LogP contribution in [0.15, 0.2) is 42.6 Å². The Hall–Kier alpha value is -2.83. The number of hydrogen-bond donors (Lipinski definition) is 0. The van der Waals surface area contributed by atoms with E-state index in [1.807, 2.05) is 6.07 Å². The molecule has 1 amide bonds. The molecule has 0 saturated carbocycles. The van der Waals surface area contributed by atoms with Crippen molar-refractivity contribution >= 4 is 11.9 Å². The van der Waals surface area contributed by atoms with Gasteiger partial charge in [0.1, 0.15) is 18.2 Å². The number of carbonyl (C=O) groups excluding carboxylic acids is 2. The van der Waals surface area contributed by atoms with E-state index in [1.54, 1.807) is 18.3 Å². The second-order valence-corrected chi connectivity index (χ2v) is 6.12. The quantitative estimate of drug-likeness (QED) is 0.787. The van der Waals surface area contributed by atoms with E-state index in [2.05, 4.69) is 4.98 Å². The van der Waals surface area contributed by atoms with E-state index in [4.69, 9.17) is 4.74 Å². The molecule has 2 heterocycles. The van der Waals surface area contributed by atoms with Crippen LogP contribution in [0.5, 0.6) is 0 Å². The Kier molecular flexibility index (Phi) is 5.55. The SMILES string of the molecule is O=C(OCc1ccccn1)C1CCN(C(=O)c2ccc(F)cc2F)CC1. The summed E-state index contributed by atoms with van der Waals surface area (Å²) in [7, 11) is 0. The molecule has 0 unspecified atom stereocenters. The summed E-state index contributed by atoms with van der Waals surface area (Å²) < 4.78 is 32.0. The van der Waals surface area contributed by atoms with Crippen LogP contribution in [-0.2, 0) is 16.1 Å². The van der Waals surface area contributed by atoms with Gasteiger partial charge in [-0.05, 0) is 37.1 Å². The number of halogens is 2. The molecule has 136 valence electrons. The first-order valence-corrected chi connectivity index (χ1v) is 8.35. The highest BCUT2D eigenvalue weighted by Gasteiger charge is 2.29. The van der Waals surface area contributed by atoms with Gasteiger partial charge in [0.15, 0.2) is 0 Å². The number of piperidine rings is 1. The van der Waals surface area contributed by atoms with Crippen LogP contribution in [0.2, 0.25) is 0 Å². The molecule has 5 nitrogen and oxygen atoms in total. The molecular weight excluding hydrogens is 342 g/mol. The van der Waals surface area contributed by atoms with Crippen LogP contribution < -0.4 is 0 Å². The summed E-state index contributed by atoms with van der Waals surface area (Å²) in [4.78, 5) is 30.1. The Morgan fingerprint density at radius 1 is 1.15 bits per heavy atom. The summed E-state index contributed by atoms with van der Waals surface area (Å²) in [6.07, 6.45) is 2.51. The van der Waals surface area contributed by atoms with Gasteiger partial charge in [0.2, 0.25) is 0 Å². The third kappa shape index (κ3) is 4.22. The number of benzene rings is 1. The standard InChI is InChI=1S/C19H18F2N2O3/c20-14-4-5-16(17(21)11-14)18(24)23-9-6-13(7-10-23)19(25)26-12-15-3-1-2-8-22-15/h1-5,8,11,13H,6-7,9-10,12H2. The molecule has 1 saturated heterocycles. The second-order valence-electron chi connectivity index (χ2n) is 6.12. The molecule has 26 heavy (non-hydrogen) atoms. The molecule has 1 aliphatic rings. The molecule has 0 bridgehead atoms. The van der Waals surface area contributed by atoms with Crippen molar-refractivity contribution in [2.45, 2.75) is 19.4 Å². The van der Waals surface area contributed by atoms with Gasteiger partial charge >= 0.3 is 5.97 Å². The zero-order valence-corrected chi connectivity index (χ0v) is 14.0. The molecule has 7 heteroatoms. The molecule has 0 spiro atoms. The number of nitrogens with zero attached hydrogens (tertiary/aromatic N) is 2. The van der Waals surface area contributed by atoms with E-state index in [-0.39, 0.29) is 24.1 Å². The maximum atomic E-state index is 13.8. The van der Waals surface area contributed by atoms with E-state index >= 15 is 0 Å². The Morgan fingerprint density at radius 3 is 2.58 bits per heavy atom. The van der Waals surface area contributed by atoms with Gasteiger partial charge in [0.25, 0.3) is 5.91 Å². The van der Waals surface area contributed by atoms with Crippen LogP contribution in [0, 0.1) is 17.6 Å². The lowest BCUT2D eigenvalue weighted by Crippen LogP contribution is -2.41. The molecule has 0 N–H and O–H groups in total. The van der Waals surface area contributed by atoms with Crippen LogP contribution >= 0.6 is 0 Å². The lowest BCUT2D eigenvalue weighted by atomic mass is 9.96. The maximum Gasteiger partial charge on any atom is 0.309 e. The Labute approximate surface area is 149 Å². The molecule has 1 aromatic carbocycles. The fourth-order valence-corrected chi connectivity index (χ4v) is 2.90. The number of rotatable bonds is 4. The molecular formula is C19H18F2N2O3. The first kappa shape index (κ1) is 18.0. The summed E-state index contributed by atoms with van der Waals surface area (Å²) in [5.74, 6) is -2.74. The van der Waals surface area contributed by atoms with Gasteiger partial charge in [-0.25, -0.2) is 8.78 Å². The third-order valence-corrected chi connectivity index (χ3v) is 4.37. The monoisotopic (exact) mass is 360 g/mol. The zero-order valence-electron chi connectivity index (χ0n) is 14.0. The van der Waals surface area contributed by atoms with Crippen molar-refractivity contribution in [2.24, 2.45) is 5.92 Å². The largest absolute Gasteiger partial charge is 0.459 e. The lowest BCUT2D eigenvalue weighted by Gasteiger charge is -2.31. The van der Waals surface area contributed by atoms with Gasteiger partial charge in [-0.2, -0.15) is 0 Å². The number of esters is 1. The normalized spacial score (nSPS) is 14.9. The van der Waals surface area contributed by atoms with Crippen LogP contribution in [0.4, 0.5) is 8.78 Å². The summed E-state index contributed by atoms with van der Waals surface area (Å²) in [6, 6.07) is 8.25. The van der Waals surface area contributed by atoms with Crippen molar-refractivity contribution in [3.05, 3.63) is 65.5 Å². The molecule has 3 rings (SSSR count). The fraction of sp³-hybridized carbons (Fsp3) is 0.316. The van der Waals surface area contributed by atoms with Crippen LogP contribution in [-0.4, -0.2) is 34.8 Å². The van der Waals surface area contributed by atoms with E-state index in [0.29, 0.717) is 37.7 Å². The predicted octanol–water partition coefficient (Wildman–Crippen LogP) is 2.96. The first-order valence-electron chi connectivity index (χ1n) is 8.35. The second kappa shape index (κ2) is 8.03. The topological polar surface area (TPSA) is 59.5 Å². The van der Waals surface area contributed by atoms with Crippen molar-refractivity contribution < 1.29 is 23.1 Å². The van der Waals surface area contributed by atoms with Crippen LogP contribution in [0.25, 0.3) is 0 Å². The Balaban J connectivity index is 1.52. The smallest absolute Gasteiger partial charge is 0.309 e. The number of hydrogen-bond acceptors (Lipinski definition) is 4. The van der Waals surface area contributed by atoms with E-state index in [1.165, 1.54) is 4.90 Å². The summed E-state index contributed by atoms with van der Waals surface area (Å²) in [5, 5.41) is 0. The third-order valence-electron chi connectivity index (χ3n) is 4.37. The van der Waals surface area contributed by atoms with E-state index in [0.717, 1.165) is 12.1 Å². The van der Waals surface area contributed by atoms with Crippen LogP contribution in [0.1, 0.15) is 28.9 Å². The summed E-state index contributed by atoms with van der Waals surface area (Å²) >= 11 is 0. The van der Waals surface area contributed by atoms with Gasteiger partial charge in [0.05, 0.1) is 17.2 Å². The number of aromatic nitrogens is 1. The van der Waals surface area contributed by atoms with Crippen molar-refractivity contribution in [3.63, 3.8) is 0 Å². The highest BCUT2D eigenvalue weighted by Crippen LogP contribution is 2.22. The van der Waals surface area contributed by atoms with Crippen molar-refractivity contribution in [3.8, 4) is 0 Å². The number of amides is 1. The fourth-order valence-electron chi connectivity index (χ4n) is 2.90. The van der Waals surface area contributed by atoms with E-state index in [9.17, 15) is 18.4 Å². The minimum atomic E-state index is -0.883. The van der Waals surface area contributed by atoms with Gasteiger partial charge in [-0.3, -0.25) is 14.6 Å². The average Bonchev–Trinajstić information content (AvgIpc) is 2.66. The van der Waals surface area contributed by atoms with Crippen molar-refractivity contribution in [1.29, 1.82) is 0 Å². The zero-order chi connectivity index (χ0) is 18.5. The number of ether oxygens (including phenoxy) is 1. The summed E-state index contributed by atoms with van der Waals surface area (Å²) in [5.41, 5.74) is 0.503. The first-order chi connectivity index (χ1) is 12.5.